The summed E-state index contributed by atoms with van der Waals surface area (Å²) in [4.78, 5) is 4.02. The fourth-order valence-electron chi connectivity index (χ4n) is 3.79. The number of nitrogens with one attached hydrogen (secondary N) is 1. The zero-order valence-electron chi connectivity index (χ0n) is 12.5. The molecule has 0 spiro atoms. The van der Waals surface area contributed by atoms with Crippen LogP contribution >= 0.6 is 27.3 Å². The van der Waals surface area contributed by atoms with Crippen LogP contribution in [0.3, 0.4) is 0 Å². The van der Waals surface area contributed by atoms with E-state index in [9.17, 15) is 0 Å². The summed E-state index contributed by atoms with van der Waals surface area (Å²) >= 11 is 5.37. The summed E-state index contributed by atoms with van der Waals surface area (Å²) in [5.74, 6) is 5.96. The molecule has 1 aliphatic carbocycles. The predicted octanol–water partition coefficient (Wildman–Crippen LogP) is 3.54. The van der Waals surface area contributed by atoms with E-state index in [0.717, 1.165) is 19.5 Å². The lowest BCUT2D eigenvalue weighted by molar-refractivity contribution is 0.0632. The molecule has 1 fully saturated rings. The molecule has 3 nitrogen and oxygen atoms in total. The lowest BCUT2D eigenvalue weighted by atomic mass is 9.84. The molecule has 0 saturated heterocycles. The Kier molecular flexibility index (Phi) is 6.05. The van der Waals surface area contributed by atoms with Crippen molar-refractivity contribution in [2.24, 2.45) is 5.84 Å². The molecule has 0 aliphatic heterocycles. The van der Waals surface area contributed by atoms with Crippen LogP contribution in [0, 0.1) is 0 Å². The summed E-state index contributed by atoms with van der Waals surface area (Å²) in [5, 5.41) is 0. The van der Waals surface area contributed by atoms with Gasteiger partial charge in [0.05, 0.1) is 3.79 Å². The van der Waals surface area contributed by atoms with Crippen LogP contribution in [0.4, 0.5) is 0 Å². The van der Waals surface area contributed by atoms with Gasteiger partial charge in [0.2, 0.25) is 0 Å². The quantitative estimate of drug-likeness (QED) is 0.577. The van der Waals surface area contributed by atoms with Crippen LogP contribution in [0.25, 0.3) is 0 Å². The molecule has 5 heteroatoms. The van der Waals surface area contributed by atoms with E-state index in [2.05, 4.69) is 52.2 Å². The van der Waals surface area contributed by atoms with E-state index in [0.29, 0.717) is 6.04 Å². The highest BCUT2D eigenvalue weighted by Crippen LogP contribution is 2.39. The summed E-state index contributed by atoms with van der Waals surface area (Å²) in [5.41, 5.74) is 3.37. The highest BCUT2D eigenvalue weighted by atomic mass is 79.9. The minimum Gasteiger partial charge on any atom is -0.297 e. The average Bonchev–Trinajstić information content (AvgIpc) is 3.07. The van der Waals surface area contributed by atoms with Gasteiger partial charge in [-0.15, -0.1) is 11.3 Å². The van der Waals surface area contributed by atoms with Crippen molar-refractivity contribution >= 4 is 27.3 Å². The first kappa shape index (κ1) is 16.4. The number of nitrogens with zero attached hydrogens (tertiary/aromatic N) is 1. The van der Waals surface area contributed by atoms with Gasteiger partial charge in [0.1, 0.15) is 0 Å². The predicted molar refractivity (Wildman–Crippen MR) is 91.0 cm³/mol. The topological polar surface area (TPSA) is 41.3 Å². The first-order chi connectivity index (χ1) is 9.66. The molecule has 1 atom stereocenters. The third-order valence-corrected chi connectivity index (χ3v) is 6.39. The standard InChI is InChI=1S/C15H26BrN3S/c1-3-19(4-2)15(9-5-6-10-15)13(18-17)11-12-7-8-14(16)20-12/h7-8,13,18H,3-6,9-11,17H2,1-2H3. The Bertz CT molecular complexity index is 411. The molecule has 1 aromatic rings. The van der Waals surface area contributed by atoms with E-state index in [-0.39, 0.29) is 5.54 Å². The van der Waals surface area contributed by atoms with Gasteiger partial charge < -0.3 is 0 Å². The molecule has 0 bridgehead atoms. The monoisotopic (exact) mass is 359 g/mol. The highest BCUT2D eigenvalue weighted by Gasteiger charge is 2.44. The van der Waals surface area contributed by atoms with Crippen molar-refractivity contribution < 1.29 is 0 Å². The molecule has 2 rings (SSSR count). The van der Waals surface area contributed by atoms with Crippen molar-refractivity contribution in [3.8, 4) is 0 Å². The van der Waals surface area contributed by atoms with Crippen LogP contribution in [-0.2, 0) is 6.42 Å². The maximum atomic E-state index is 5.96. The third-order valence-electron chi connectivity index (χ3n) is 4.75. The smallest absolute Gasteiger partial charge is 0.0701 e. The Morgan fingerprint density at radius 2 is 2.00 bits per heavy atom. The van der Waals surface area contributed by atoms with Crippen LogP contribution in [-0.4, -0.2) is 29.6 Å². The van der Waals surface area contributed by atoms with Crippen molar-refractivity contribution in [2.45, 2.75) is 57.5 Å². The fourth-order valence-corrected chi connectivity index (χ4v) is 5.32. The molecule has 1 heterocycles. The second-order valence-corrected chi connectivity index (χ2v) is 8.16. The Morgan fingerprint density at radius 3 is 2.45 bits per heavy atom. The van der Waals surface area contributed by atoms with Crippen molar-refractivity contribution in [1.82, 2.24) is 10.3 Å². The second-order valence-electron chi connectivity index (χ2n) is 5.61. The van der Waals surface area contributed by atoms with Crippen molar-refractivity contribution in [3.63, 3.8) is 0 Å². The van der Waals surface area contributed by atoms with Gasteiger partial charge in [-0.1, -0.05) is 26.7 Å². The Hall–Kier alpha value is 0.0600. The summed E-state index contributed by atoms with van der Waals surface area (Å²) in [6.45, 7) is 6.73. The molecular weight excluding hydrogens is 334 g/mol. The maximum Gasteiger partial charge on any atom is 0.0701 e. The molecule has 0 radical (unpaired) electrons. The number of thiophene rings is 1. The Labute approximate surface area is 135 Å². The van der Waals surface area contributed by atoms with Crippen LogP contribution in [0.1, 0.15) is 44.4 Å². The molecule has 114 valence electrons. The van der Waals surface area contributed by atoms with E-state index in [1.54, 1.807) is 0 Å². The average molecular weight is 360 g/mol. The number of likely N-dealkylation sites (N-methyl/N-ethyl adjacent to an activating group) is 1. The van der Waals surface area contributed by atoms with Crippen molar-refractivity contribution in [1.29, 1.82) is 0 Å². The van der Waals surface area contributed by atoms with Gasteiger partial charge in [-0.25, -0.2) is 0 Å². The number of rotatable bonds is 7. The van der Waals surface area contributed by atoms with E-state index >= 15 is 0 Å². The van der Waals surface area contributed by atoms with Gasteiger partial charge in [0, 0.05) is 22.9 Å². The summed E-state index contributed by atoms with van der Waals surface area (Å²) in [6, 6.07) is 4.67. The van der Waals surface area contributed by atoms with E-state index < -0.39 is 0 Å². The molecule has 1 saturated carbocycles. The van der Waals surface area contributed by atoms with Crippen LogP contribution in [0.2, 0.25) is 0 Å². The first-order valence-corrected chi connectivity index (χ1v) is 9.22. The van der Waals surface area contributed by atoms with Crippen LogP contribution in [0.15, 0.2) is 15.9 Å². The molecule has 1 unspecified atom stereocenters. The number of hydrogen-bond donors (Lipinski definition) is 2. The fraction of sp³-hybridized carbons (Fsp3) is 0.733. The second kappa shape index (κ2) is 7.36. The number of hydrogen-bond acceptors (Lipinski definition) is 4. The SMILES string of the molecule is CCN(CC)C1(C(Cc2ccc(Br)s2)NN)CCCC1. The zero-order chi connectivity index (χ0) is 14.6. The lowest BCUT2D eigenvalue weighted by Crippen LogP contribution is -2.62. The molecule has 0 amide bonds. The Balaban J connectivity index is 2.21. The van der Waals surface area contributed by atoms with E-state index in [1.807, 2.05) is 11.3 Å². The molecular formula is C15H26BrN3S. The lowest BCUT2D eigenvalue weighted by Gasteiger charge is -2.46. The van der Waals surface area contributed by atoms with Gasteiger partial charge in [0.25, 0.3) is 0 Å². The normalized spacial score (nSPS) is 19.6. The van der Waals surface area contributed by atoms with Crippen molar-refractivity contribution in [2.75, 3.05) is 13.1 Å². The Morgan fingerprint density at radius 1 is 1.35 bits per heavy atom. The van der Waals surface area contributed by atoms with Crippen LogP contribution < -0.4 is 11.3 Å². The summed E-state index contributed by atoms with van der Waals surface area (Å²) in [7, 11) is 0. The highest BCUT2D eigenvalue weighted by molar-refractivity contribution is 9.11. The summed E-state index contributed by atoms with van der Waals surface area (Å²) < 4.78 is 1.20. The van der Waals surface area contributed by atoms with Crippen LogP contribution in [0.5, 0.6) is 0 Å². The van der Waals surface area contributed by atoms with Gasteiger partial charge >= 0.3 is 0 Å². The third kappa shape index (κ3) is 3.28. The van der Waals surface area contributed by atoms with Crippen molar-refractivity contribution in [3.05, 3.63) is 20.8 Å². The van der Waals surface area contributed by atoms with E-state index in [4.69, 9.17) is 5.84 Å². The molecule has 1 aliphatic rings. The molecule has 1 aromatic heterocycles. The molecule has 20 heavy (non-hydrogen) atoms. The molecule has 0 aromatic carbocycles. The maximum absolute atomic E-state index is 5.96. The minimum absolute atomic E-state index is 0.231. The number of hydrazine groups is 1. The number of halogens is 1. The largest absolute Gasteiger partial charge is 0.297 e. The van der Waals surface area contributed by atoms with Gasteiger partial charge in [-0.3, -0.25) is 16.2 Å². The van der Waals surface area contributed by atoms with Gasteiger partial charge in [0.15, 0.2) is 0 Å². The summed E-state index contributed by atoms with van der Waals surface area (Å²) in [6.07, 6.45) is 6.18. The first-order valence-electron chi connectivity index (χ1n) is 7.61. The number of nitrogens with two attached hydrogens (primary N) is 1. The zero-order valence-corrected chi connectivity index (χ0v) is 14.9. The van der Waals surface area contributed by atoms with E-state index in [1.165, 1.54) is 34.3 Å². The van der Waals surface area contributed by atoms with Gasteiger partial charge in [-0.05, 0) is 54.0 Å². The molecule has 3 N–H and O–H groups in total. The minimum atomic E-state index is 0.231. The van der Waals surface area contributed by atoms with Gasteiger partial charge in [-0.2, -0.15) is 0 Å².